The van der Waals surface area contributed by atoms with Crippen molar-refractivity contribution in [2.45, 2.75) is 13.0 Å². The van der Waals surface area contributed by atoms with Gasteiger partial charge in [-0.25, -0.2) is 4.68 Å². The Morgan fingerprint density at radius 3 is 2.68 bits per heavy atom. The van der Waals surface area contributed by atoms with Crippen LogP contribution in [0.5, 0.6) is 0 Å². The van der Waals surface area contributed by atoms with E-state index in [4.69, 9.17) is 27.6 Å². The van der Waals surface area contributed by atoms with Crippen molar-refractivity contribution in [1.82, 2.24) is 9.78 Å². The Morgan fingerprint density at radius 2 is 2.00 bits per heavy atom. The van der Waals surface area contributed by atoms with E-state index in [9.17, 15) is 9.59 Å². The first-order valence-corrected chi connectivity index (χ1v) is 8.11. The van der Waals surface area contributed by atoms with Gasteiger partial charge in [0.2, 0.25) is 5.91 Å². The van der Waals surface area contributed by atoms with Crippen LogP contribution in [0, 0.1) is 0 Å². The average Bonchev–Trinajstić information content (AvgIpc) is 3.12. The van der Waals surface area contributed by atoms with Crippen molar-refractivity contribution < 1.29 is 9.21 Å². The summed E-state index contributed by atoms with van der Waals surface area (Å²) in [5, 5.41) is 7.60. The Kier molecular flexibility index (Phi) is 4.92. The van der Waals surface area contributed by atoms with Crippen LogP contribution in [0.15, 0.2) is 57.9 Å². The minimum absolute atomic E-state index is 0.322. The maximum Gasteiger partial charge on any atom is 0.267 e. The van der Waals surface area contributed by atoms with Crippen molar-refractivity contribution in [2.24, 2.45) is 0 Å². The second-order valence-electron chi connectivity index (χ2n) is 5.27. The van der Waals surface area contributed by atoms with Crippen LogP contribution in [-0.4, -0.2) is 15.7 Å². The molecule has 1 atom stereocenters. The number of carbonyl (C=O) groups excluding carboxylic acids is 1. The maximum atomic E-state index is 12.4. The summed E-state index contributed by atoms with van der Waals surface area (Å²) >= 11 is 11.8. The third-order valence-corrected chi connectivity index (χ3v) is 4.27. The molecule has 3 aromatic rings. The quantitative estimate of drug-likeness (QED) is 0.744. The van der Waals surface area contributed by atoms with Crippen LogP contribution in [0.25, 0.3) is 11.5 Å². The predicted octanol–water partition coefficient (Wildman–Crippen LogP) is 4.01. The molecule has 0 saturated carbocycles. The number of halogens is 2. The van der Waals surface area contributed by atoms with Gasteiger partial charge in [-0.05, 0) is 43.3 Å². The zero-order chi connectivity index (χ0) is 18.0. The van der Waals surface area contributed by atoms with Gasteiger partial charge in [-0.2, -0.15) is 5.10 Å². The third kappa shape index (κ3) is 3.75. The van der Waals surface area contributed by atoms with Gasteiger partial charge in [-0.15, -0.1) is 0 Å². The lowest BCUT2D eigenvalue weighted by molar-refractivity contribution is -0.119. The average molecular weight is 378 g/mol. The lowest BCUT2D eigenvalue weighted by Crippen LogP contribution is -2.33. The number of nitrogens with one attached hydrogen (secondary N) is 1. The number of benzene rings is 1. The van der Waals surface area contributed by atoms with Gasteiger partial charge in [0, 0.05) is 11.8 Å². The predicted molar refractivity (Wildman–Crippen MR) is 96.0 cm³/mol. The number of amides is 1. The molecule has 25 heavy (non-hydrogen) atoms. The van der Waals surface area contributed by atoms with Crippen LogP contribution in [0.4, 0.5) is 5.69 Å². The molecule has 2 heterocycles. The van der Waals surface area contributed by atoms with Gasteiger partial charge in [0.1, 0.15) is 11.7 Å². The van der Waals surface area contributed by atoms with E-state index in [1.807, 2.05) is 0 Å². The van der Waals surface area contributed by atoms with E-state index in [1.54, 1.807) is 37.3 Å². The smallest absolute Gasteiger partial charge is 0.267 e. The molecule has 0 bridgehead atoms. The highest BCUT2D eigenvalue weighted by molar-refractivity contribution is 6.42. The van der Waals surface area contributed by atoms with Crippen molar-refractivity contribution in [1.29, 1.82) is 0 Å². The van der Waals surface area contributed by atoms with E-state index >= 15 is 0 Å². The molecule has 0 fully saturated rings. The Balaban J connectivity index is 1.85. The summed E-state index contributed by atoms with van der Waals surface area (Å²) in [6.45, 7) is 1.58. The normalized spacial score (nSPS) is 12.0. The summed E-state index contributed by atoms with van der Waals surface area (Å²) in [5.41, 5.74) is 0.535. The Labute approximate surface area is 153 Å². The molecule has 8 heteroatoms. The van der Waals surface area contributed by atoms with Crippen molar-refractivity contribution in [3.63, 3.8) is 0 Å². The van der Waals surface area contributed by atoms with Gasteiger partial charge in [-0.3, -0.25) is 9.59 Å². The number of anilines is 1. The minimum Gasteiger partial charge on any atom is -0.463 e. The number of rotatable bonds is 4. The minimum atomic E-state index is -0.836. The number of carbonyl (C=O) groups is 1. The molecule has 1 aromatic carbocycles. The maximum absolute atomic E-state index is 12.4. The summed E-state index contributed by atoms with van der Waals surface area (Å²) < 4.78 is 6.37. The van der Waals surface area contributed by atoms with Crippen LogP contribution in [0.3, 0.4) is 0 Å². The second kappa shape index (κ2) is 7.13. The standard InChI is InChI=1S/C17H13Cl2N3O3/c1-10(17(24)20-11-4-5-12(18)13(19)9-11)22-16(23)7-6-14(21-22)15-3-2-8-25-15/h2-10H,1H3,(H,20,24). The van der Waals surface area contributed by atoms with E-state index in [1.165, 1.54) is 18.4 Å². The SMILES string of the molecule is CC(C(=O)Nc1ccc(Cl)c(Cl)c1)n1nc(-c2ccco2)ccc1=O. The molecule has 0 aliphatic heterocycles. The molecule has 0 radical (unpaired) electrons. The molecule has 0 aliphatic rings. The van der Waals surface area contributed by atoms with Gasteiger partial charge in [0.15, 0.2) is 5.76 Å². The molecule has 1 amide bonds. The van der Waals surface area contributed by atoms with Crippen molar-refractivity contribution in [2.75, 3.05) is 5.32 Å². The molecular weight excluding hydrogens is 365 g/mol. The highest BCUT2D eigenvalue weighted by atomic mass is 35.5. The summed E-state index contributed by atoms with van der Waals surface area (Å²) in [5.74, 6) is 0.0930. The molecule has 128 valence electrons. The van der Waals surface area contributed by atoms with Crippen LogP contribution >= 0.6 is 23.2 Å². The molecule has 0 spiro atoms. The fourth-order valence-electron chi connectivity index (χ4n) is 2.19. The summed E-state index contributed by atoms with van der Waals surface area (Å²) in [6.07, 6.45) is 1.51. The summed E-state index contributed by atoms with van der Waals surface area (Å²) in [6, 6.07) is 10.2. The van der Waals surface area contributed by atoms with E-state index < -0.39 is 17.5 Å². The molecular formula is C17H13Cl2N3O3. The second-order valence-corrected chi connectivity index (χ2v) is 6.09. The first kappa shape index (κ1) is 17.3. The topological polar surface area (TPSA) is 77.1 Å². The number of furan rings is 1. The zero-order valence-corrected chi connectivity index (χ0v) is 14.6. The summed E-state index contributed by atoms with van der Waals surface area (Å²) in [4.78, 5) is 24.5. The van der Waals surface area contributed by atoms with Gasteiger partial charge in [0.05, 0.1) is 16.3 Å². The van der Waals surface area contributed by atoms with E-state index in [-0.39, 0.29) is 0 Å². The van der Waals surface area contributed by atoms with Crippen LogP contribution < -0.4 is 10.9 Å². The third-order valence-electron chi connectivity index (χ3n) is 3.53. The molecule has 1 unspecified atom stereocenters. The molecule has 3 rings (SSSR count). The Bertz CT molecular complexity index is 968. The molecule has 1 N–H and O–H groups in total. The number of hydrogen-bond acceptors (Lipinski definition) is 4. The number of aromatic nitrogens is 2. The fraction of sp³-hybridized carbons (Fsp3) is 0.118. The molecule has 2 aromatic heterocycles. The summed E-state index contributed by atoms with van der Waals surface area (Å²) in [7, 11) is 0. The van der Waals surface area contributed by atoms with Gasteiger partial charge in [0.25, 0.3) is 5.56 Å². The molecule has 0 aliphatic carbocycles. The van der Waals surface area contributed by atoms with E-state index in [0.717, 1.165) is 4.68 Å². The first-order chi connectivity index (χ1) is 12.0. The van der Waals surface area contributed by atoms with E-state index in [0.29, 0.717) is 27.2 Å². The fourth-order valence-corrected chi connectivity index (χ4v) is 2.49. The lowest BCUT2D eigenvalue weighted by atomic mass is 10.2. The number of hydrogen-bond donors (Lipinski definition) is 1. The van der Waals surface area contributed by atoms with Gasteiger partial charge in [-0.1, -0.05) is 23.2 Å². The van der Waals surface area contributed by atoms with Gasteiger partial charge < -0.3 is 9.73 Å². The highest BCUT2D eigenvalue weighted by Gasteiger charge is 2.19. The lowest BCUT2D eigenvalue weighted by Gasteiger charge is -2.15. The Morgan fingerprint density at radius 1 is 1.20 bits per heavy atom. The number of nitrogens with zero attached hydrogens (tertiary/aromatic N) is 2. The zero-order valence-electron chi connectivity index (χ0n) is 13.1. The van der Waals surface area contributed by atoms with Crippen molar-refractivity contribution in [3.05, 3.63) is 69.1 Å². The van der Waals surface area contributed by atoms with Crippen LogP contribution in [0.2, 0.25) is 10.0 Å². The first-order valence-electron chi connectivity index (χ1n) is 7.35. The van der Waals surface area contributed by atoms with Crippen LogP contribution in [0.1, 0.15) is 13.0 Å². The largest absolute Gasteiger partial charge is 0.463 e. The molecule has 0 saturated heterocycles. The van der Waals surface area contributed by atoms with E-state index in [2.05, 4.69) is 10.4 Å². The Hall–Kier alpha value is -2.57. The highest BCUT2D eigenvalue weighted by Crippen LogP contribution is 2.25. The monoisotopic (exact) mass is 377 g/mol. The van der Waals surface area contributed by atoms with Crippen molar-refractivity contribution in [3.8, 4) is 11.5 Å². The molecule has 6 nitrogen and oxygen atoms in total. The van der Waals surface area contributed by atoms with Gasteiger partial charge >= 0.3 is 0 Å². The van der Waals surface area contributed by atoms with Crippen LogP contribution in [-0.2, 0) is 4.79 Å². The van der Waals surface area contributed by atoms with Crippen molar-refractivity contribution >= 4 is 34.8 Å².